The number of hydrogen-bond donors (Lipinski definition) is 3. The lowest BCUT2D eigenvalue weighted by molar-refractivity contribution is -0.161. The topological polar surface area (TPSA) is 237 Å². The van der Waals surface area contributed by atoms with Gasteiger partial charge in [0.15, 0.2) is 12.2 Å². The monoisotopic (exact) mass is 1320 g/mol. The number of esters is 4. The summed E-state index contributed by atoms with van der Waals surface area (Å²) in [7, 11) is -9.90. The Morgan fingerprint density at radius 2 is 0.600 bits per heavy atom. The normalized spacial score (nSPS) is 14.3. The first kappa shape index (κ1) is 87.5. The number of aliphatic hydroxyl groups is 1. The maximum atomic E-state index is 13.0. The maximum absolute atomic E-state index is 13.0. The van der Waals surface area contributed by atoms with Gasteiger partial charge in [0.25, 0.3) is 0 Å². The van der Waals surface area contributed by atoms with E-state index in [2.05, 4.69) is 65.8 Å². The van der Waals surface area contributed by atoms with Crippen LogP contribution in [0.2, 0.25) is 0 Å². The van der Waals surface area contributed by atoms with Crippen LogP contribution in [0.5, 0.6) is 0 Å². The second kappa shape index (κ2) is 62.6. The zero-order valence-electron chi connectivity index (χ0n) is 57.9. The molecule has 0 aromatic rings. The van der Waals surface area contributed by atoms with E-state index in [4.69, 9.17) is 37.0 Å². The highest BCUT2D eigenvalue weighted by atomic mass is 31.2. The molecule has 17 nitrogen and oxygen atoms in total. The molecule has 0 rings (SSSR count). The highest BCUT2D eigenvalue weighted by Crippen LogP contribution is 2.45. The van der Waals surface area contributed by atoms with Crippen LogP contribution in [0.4, 0.5) is 0 Å². The summed E-state index contributed by atoms with van der Waals surface area (Å²) < 4.78 is 68.1. The van der Waals surface area contributed by atoms with Gasteiger partial charge in [-0.3, -0.25) is 37.3 Å². The van der Waals surface area contributed by atoms with Crippen molar-refractivity contribution >= 4 is 39.5 Å². The van der Waals surface area contributed by atoms with Gasteiger partial charge in [-0.05, 0) is 63.2 Å². The molecular formula is C71H134O17P2. The van der Waals surface area contributed by atoms with Crippen LogP contribution in [0, 0.1) is 11.8 Å². The van der Waals surface area contributed by atoms with Crippen molar-refractivity contribution in [1.82, 2.24) is 0 Å². The number of aliphatic hydroxyl groups excluding tert-OH is 1. The van der Waals surface area contributed by atoms with Crippen molar-refractivity contribution in [2.75, 3.05) is 39.6 Å². The number of phosphoric ester groups is 2. The van der Waals surface area contributed by atoms with Gasteiger partial charge in [-0.1, -0.05) is 284 Å². The van der Waals surface area contributed by atoms with Crippen molar-refractivity contribution in [1.29, 1.82) is 0 Å². The lowest BCUT2D eigenvalue weighted by Gasteiger charge is -2.21. The summed E-state index contributed by atoms with van der Waals surface area (Å²) in [5.41, 5.74) is 0. The van der Waals surface area contributed by atoms with Crippen molar-refractivity contribution < 1.29 is 80.2 Å². The molecule has 90 heavy (non-hydrogen) atoms. The summed E-state index contributed by atoms with van der Waals surface area (Å²) in [5.74, 6) is -0.629. The van der Waals surface area contributed by atoms with Gasteiger partial charge in [-0.2, -0.15) is 0 Å². The molecule has 0 fully saturated rings. The average Bonchev–Trinajstić information content (AvgIpc) is 2.68. The predicted octanol–water partition coefficient (Wildman–Crippen LogP) is 19.9. The second-order valence-corrected chi connectivity index (χ2v) is 28.8. The molecule has 0 saturated heterocycles. The van der Waals surface area contributed by atoms with E-state index in [1.165, 1.54) is 128 Å². The van der Waals surface area contributed by atoms with Crippen LogP contribution in [-0.4, -0.2) is 96.7 Å². The third-order valence-electron chi connectivity index (χ3n) is 15.8. The molecule has 5 atom stereocenters. The number of unbranched alkanes of at least 4 members (excludes halogenated alkanes) is 35. The van der Waals surface area contributed by atoms with Gasteiger partial charge in [0.2, 0.25) is 0 Å². The fourth-order valence-corrected chi connectivity index (χ4v) is 11.8. The molecule has 0 aliphatic heterocycles. The molecule has 0 aliphatic carbocycles. The molecule has 0 bridgehead atoms. The number of carbonyl (C=O) groups is 4. The van der Waals surface area contributed by atoms with Gasteiger partial charge < -0.3 is 33.8 Å². The van der Waals surface area contributed by atoms with Gasteiger partial charge in [-0.15, -0.1) is 0 Å². The van der Waals surface area contributed by atoms with Crippen molar-refractivity contribution in [2.45, 2.75) is 355 Å². The highest BCUT2D eigenvalue weighted by Gasteiger charge is 2.30. The molecule has 2 unspecified atom stereocenters. The SMILES string of the molecule is CCCCCC/C=C\C=C/CCCCCCCC(=O)OC[C@H](COP(=O)(O)OC[C@@H](O)COP(=O)(O)OC[C@@H](COC(=O)CCCCCCC)OC(=O)CCCCCCCCCCCC(C)C)OC(=O)CCCCCCCCCCCCCCCCCC(C)C. The molecule has 0 aromatic heterocycles. The van der Waals surface area contributed by atoms with E-state index >= 15 is 0 Å². The number of carbonyl (C=O) groups excluding carboxylic acids is 4. The first-order chi connectivity index (χ1) is 43.4. The van der Waals surface area contributed by atoms with Crippen LogP contribution < -0.4 is 0 Å². The molecule has 0 aliphatic rings. The van der Waals surface area contributed by atoms with Crippen molar-refractivity contribution in [3.8, 4) is 0 Å². The Balaban J connectivity index is 5.19. The van der Waals surface area contributed by atoms with Crippen LogP contribution in [0.25, 0.3) is 0 Å². The first-order valence-corrected chi connectivity index (χ1v) is 39.3. The van der Waals surface area contributed by atoms with E-state index in [-0.39, 0.29) is 25.7 Å². The smallest absolute Gasteiger partial charge is 0.462 e. The number of phosphoric acid groups is 2. The summed E-state index contributed by atoms with van der Waals surface area (Å²) in [6, 6.07) is 0. The average molecular weight is 1320 g/mol. The first-order valence-electron chi connectivity index (χ1n) is 36.3. The fourth-order valence-electron chi connectivity index (χ4n) is 10.2. The van der Waals surface area contributed by atoms with Crippen molar-refractivity contribution in [3.63, 3.8) is 0 Å². The van der Waals surface area contributed by atoms with Crippen molar-refractivity contribution in [3.05, 3.63) is 24.3 Å². The van der Waals surface area contributed by atoms with E-state index in [0.29, 0.717) is 25.7 Å². The molecular weight excluding hydrogens is 1190 g/mol. The van der Waals surface area contributed by atoms with Gasteiger partial charge >= 0.3 is 39.5 Å². The summed E-state index contributed by atoms with van der Waals surface area (Å²) in [6.45, 7) is 9.40. The number of ether oxygens (including phenoxy) is 4. The zero-order valence-corrected chi connectivity index (χ0v) is 59.7. The second-order valence-electron chi connectivity index (χ2n) is 25.9. The Hall–Kier alpha value is -2.46. The molecule has 0 heterocycles. The van der Waals surface area contributed by atoms with Crippen LogP contribution in [0.1, 0.15) is 337 Å². The van der Waals surface area contributed by atoms with Crippen LogP contribution in [-0.2, 0) is 65.4 Å². The molecule has 3 N–H and O–H groups in total. The maximum Gasteiger partial charge on any atom is 0.472 e. The minimum atomic E-state index is -4.96. The largest absolute Gasteiger partial charge is 0.472 e. The van der Waals surface area contributed by atoms with E-state index in [1.54, 1.807) is 0 Å². The molecule has 0 amide bonds. The fraction of sp³-hybridized carbons (Fsp3) is 0.887. The summed E-state index contributed by atoms with van der Waals surface area (Å²) in [6.07, 6.45) is 51.2. The zero-order chi connectivity index (χ0) is 66.5. The lowest BCUT2D eigenvalue weighted by Crippen LogP contribution is -2.30. The van der Waals surface area contributed by atoms with Crippen LogP contribution in [0.15, 0.2) is 24.3 Å². The van der Waals surface area contributed by atoms with E-state index in [0.717, 1.165) is 127 Å². The van der Waals surface area contributed by atoms with Gasteiger partial charge in [0.05, 0.1) is 26.4 Å². The van der Waals surface area contributed by atoms with E-state index in [9.17, 15) is 43.2 Å². The minimum absolute atomic E-state index is 0.101. The Morgan fingerprint density at radius 1 is 0.344 bits per heavy atom. The molecule has 0 saturated carbocycles. The molecule has 19 heteroatoms. The molecule has 530 valence electrons. The third-order valence-corrected chi connectivity index (χ3v) is 17.7. The third kappa shape index (κ3) is 64.3. The van der Waals surface area contributed by atoms with E-state index in [1.807, 2.05) is 0 Å². The number of hydrogen-bond acceptors (Lipinski definition) is 15. The van der Waals surface area contributed by atoms with Gasteiger partial charge in [-0.25, -0.2) is 9.13 Å². The molecule has 0 radical (unpaired) electrons. The molecule has 0 spiro atoms. The summed E-state index contributed by atoms with van der Waals surface area (Å²) >= 11 is 0. The Labute approximate surface area is 548 Å². The Kier molecular flexibility index (Phi) is 60.9. The number of allylic oxidation sites excluding steroid dienone is 4. The van der Waals surface area contributed by atoms with Crippen LogP contribution >= 0.6 is 15.6 Å². The minimum Gasteiger partial charge on any atom is -0.462 e. The van der Waals surface area contributed by atoms with Crippen LogP contribution in [0.3, 0.4) is 0 Å². The van der Waals surface area contributed by atoms with Gasteiger partial charge in [0.1, 0.15) is 19.3 Å². The Morgan fingerprint density at radius 3 is 0.911 bits per heavy atom. The number of rotatable bonds is 68. The standard InChI is InChI=1S/C71H134O17P2/c1-7-9-11-13-14-15-16-17-19-23-26-31-36-42-48-54-69(74)82-60-67(88-70(75)55-49-43-37-32-27-24-21-18-20-22-25-29-34-40-45-51-63(3)4)62-86-90(79,80)84-58-65(72)57-83-89(77,78)85-61-66(59-81-68(73)53-47-39-12-10-8-2)87-71(76)56-50-44-38-33-28-30-35-41-46-52-64(5)6/h15-17,19,63-67,72H,7-14,18,20-62H2,1-6H3,(H,77,78)(H,79,80)/b16-15-,19-17-/t65-,66+,67+/m0/s1. The predicted molar refractivity (Wildman–Crippen MR) is 363 cm³/mol. The lowest BCUT2D eigenvalue weighted by atomic mass is 10.0. The summed E-state index contributed by atoms with van der Waals surface area (Å²) in [5, 5.41) is 10.6. The van der Waals surface area contributed by atoms with Crippen molar-refractivity contribution in [2.24, 2.45) is 11.8 Å². The summed E-state index contributed by atoms with van der Waals surface area (Å²) in [4.78, 5) is 72.3. The van der Waals surface area contributed by atoms with Gasteiger partial charge in [0, 0.05) is 25.7 Å². The quantitative estimate of drug-likeness (QED) is 0.0169. The highest BCUT2D eigenvalue weighted by molar-refractivity contribution is 7.47. The molecule has 0 aromatic carbocycles. The van der Waals surface area contributed by atoms with E-state index < -0.39 is 97.5 Å². The Bertz CT molecular complexity index is 1850.